The summed E-state index contributed by atoms with van der Waals surface area (Å²) < 4.78 is 23.7. The molecule has 1 radical (unpaired) electrons. The van der Waals surface area contributed by atoms with Crippen molar-refractivity contribution in [3.05, 3.63) is 169 Å². The molecule has 0 bridgehead atoms. The van der Waals surface area contributed by atoms with Gasteiger partial charge in [0.2, 0.25) is 0 Å². The van der Waals surface area contributed by atoms with E-state index in [1.54, 1.807) is 18.3 Å². The van der Waals surface area contributed by atoms with Gasteiger partial charge in [0.15, 0.2) is 0 Å². The molecule has 263 valence electrons. The number of benzene rings is 5. The molecule has 9 rings (SSSR count). The Hall–Kier alpha value is -5.21. The number of pyridine rings is 2. The zero-order valence-electron chi connectivity index (χ0n) is 29.5. The molecule has 0 aliphatic rings. The van der Waals surface area contributed by atoms with E-state index in [4.69, 9.17) is 9.40 Å². The van der Waals surface area contributed by atoms with Gasteiger partial charge < -0.3 is 8.98 Å². The Morgan fingerprint density at radius 1 is 0.717 bits per heavy atom. The third-order valence-electron chi connectivity index (χ3n) is 9.14. The predicted octanol–water partition coefficient (Wildman–Crippen LogP) is 10.7. The maximum atomic E-state index is 13.5. The second-order valence-corrected chi connectivity index (χ2v) is 24.3. The number of fused-ring (bicyclic) bond motifs is 4. The zero-order chi connectivity index (χ0) is 35.7. The van der Waals surface area contributed by atoms with Gasteiger partial charge in [-0.05, 0) is 48.0 Å². The van der Waals surface area contributed by atoms with Crippen LogP contribution in [0.25, 0.3) is 66.9 Å². The third-order valence-corrected chi connectivity index (χ3v) is 13.4. The fourth-order valence-electron chi connectivity index (χ4n) is 6.39. The summed E-state index contributed by atoms with van der Waals surface area (Å²) >= 11 is -1.72. The minimum Gasteiger partial charge on any atom is 0 e. The number of rotatable bonds is 6. The second-order valence-electron chi connectivity index (χ2n) is 13.7. The molecular formula is C45H35FGeIrN4O-2. The summed E-state index contributed by atoms with van der Waals surface area (Å²) in [6.07, 6.45) is 3.80. The summed E-state index contributed by atoms with van der Waals surface area (Å²) in [6.45, 7) is 0.670. The van der Waals surface area contributed by atoms with Gasteiger partial charge in [-0.25, -0.2) is 4.39 Å². The van der Waals surface area contributed by atoms with E-state index in [0.717, 1.165) is 50.0 Å². The first-order valence-electron chi connectivity index (χ1n) is 17.2. The number of hydrogen-bond acceptors (Lipinski definition) is 4. The van der Waals surface area contributed by atoms with Crippen LogP contribution in [-0.4, -0.2) is 32.8 Å². The molecule has 8 heteroatoms. The molecule has 0 atom stereocenters. The van der Waals surface area contributed by atoms with Crippen molar-refractivity contribution in [1.82, 2.24) is 19.5 Å². The number of para-hydroxylation sites is 2. The number of nitrogens with zero attached hydrogens (tertiary/aromatic N) is 4. The molecular weight excluding hydrogens is 896 g/mol. The first-order valence-corrected chi connectivity index (χ1v) is 24.6. The second kappa shape index (κ2) is 15.4. The molecule has 0 N–H and O–H groups in total. The molecule has 53 heavy (non-hydrogen) atoms. The molecule has 9 aromatic rings. The summed E-state index contributed by atoms with van der Waals surface area (Å²) in [7, 11) is 0. The molecule has 0 unspecified atom stereocenters. The first kappa shape index (κ1) is 36.2. The van der Waals surface area contributed by atoms with E-state index in [2.05, 4.69) is 74.3 Å². The number of aromatic nitrogens is 4. The van der Waals surface area contributed by atoms with E-state index < -0.39 is 13.3 Å². The Balaban J connectivity index is 0.000000216. The standard InChI is InChI=1S/C31H19FN3O.C14H16GeN.Ir/c32-22-15-13-21(14-16-22)28-30-24(17-18-33-28)23-9-6-10-25(29(23)36-30)31-34-26-11-4-5-12-27(26)35(31)19-20-7-2-1-3-8-20;1-15(2,3)13-9-10-14(16-11-13)12-7-5-4-6-8-12;/h1-9,11-18H,19H2;4-7,9-11H,1-3H3;/q2*-1;. The summed E-state index contributed by atoms with van der Waals surface area (Å²) in [5.41, 5.74) is 8.84. The number of hydrogen-bond donors (Lipinski definition) is 0. The molecule has 5 nitrogen and oxygen atoms in total. The molecule has 0 saturated carbocycles. The van der Waals surface area contributed by atoms with E-state index in [-0.39, 0.29) is 25.9 Å². The normalized spacial score (nSPS) is 11.3. The van der Waals surface area contributed by atoms with Crippen LogP contribution in [0.1, 0.15) is 5.56 Å². The summed E-state index contributed by atoms with van der Waals surface area (Å²) in [5, 5.41) is 1.91. The van der Waals surface area contributed by atoms with Crippen molar-refractivity contribution in [3.8, 4) is 33.9 Å². The van der Waals surface area contributed by atoms with Crippen LogP contribution in [0.4, 0.5) is 4.39 Å². The fraction of sp³-hybridized carbons (Fsp3) is 0.0889. The average molecular weight is 932 g/mol. The van der Waals surface area contributed by atoms with Gasteiger partial charge in [-0.1, -0.05) is 53.4 Å². The zero-order valence-corrected chi connectivity index (χ0v) is 34.0. The Morgan fingerprint density at radius 3 is 2.21 bits per heavy atom. The topological polar surface area (TPSA) is 56.7 Å². The smallest absolute Gasteiger partial charge is 0 e. The molecule has 4 heterocycles. The summed E-state index contributed by atoms with van der Waals surface area (Å²) in [5.74, 6) is 7.65. The van der Waals surface area contributed by atoms with Crippen molar-refractivity contribution in [3.63, 3.8) is 0 Å². The van der Waals surface area contributed by atoms with Crippen LogP contribution in [0.3, 0.4) is 0 Å². The van der Waals surface area contributed by atoms with Gasteiger partial charge in [0.25, 0.3) is 0 Å². The predicted molar refractivity (Wildman–Crippen MR) is 212 cm³/mol. The van der Waals surface area contributed by atoms with Crippen LogP contribution in [0.2, 0.25) is 17.3 Å². The van der Waals surface area contributed by atoms with Gasteiger partial charge in [0, 0.05) is 43.8 Å². The number of halogens is 1. The van der Waals surface area contributed by atoms with E-state index in [1.807, 2.05) is 85.1 Å². The van der Waals surface area contributed by atoms with Crippen molar-refractivity contribution in [2.24, 2.45) is 0 Å². The Kier molecular flexibility index (Phi) is 10.5. The van der Waals surface area contributed by atoms with Crippen LogP contribution in [0.15, 0.2) is 150 Å². The van der Waals surface area contributed by atoms with Gasteiger partial charge in [0.05, 0.1) is 22.4 Å². The Morgan fingerprint density at radius 2 is 1.47 bits per heavy atom. The molecule has 0 spiro atoms. The maximum Gasteiger partial charge on any atom is 0 e. The van der Waals surface area contributed by atoms with Crippen LogP contribution in [-0.2, 0) is 26.7 Å². The first-order chi connectivity index (χ1) is 25.3. The van der Waals surface area contributed by atoms with E-state index in [1.165, 1.54) is 22.1 Å². The SMILES string of the molecule is Fc1ccc(-c2nccc3c2oc2c(-c4nc5ccccc5n4Cc4ccccc4)[c-]ccc23)cc1.[CH3][Ge]([CH3])([CH3])[c]1ccc(-c2[c-]cccc2)nc1.[Ir]. The molecule has 0 amide bonds. The van der Waals surface area contributed by atoms with Crippen molar-refractivity contribution >= 4 is 50.6 Å². The number of imidazole rings is 1. The average Bonchev–Trinajstić information content (AvgIpc) is 3.74. The van der Waals surface area contributed by atoms with Gasteiger partial charge in [-0.15, -0.1) is 18.2 Å². The van der Waals surface area contributed by atoms with Crippen molar-refractivity contribution < 1.29 is 28.9 Å². The van der Waals surface area contributed by atoms with E-state index in [9.17, 15) is 4.39 Å². The fourth-order valence-corrected chi connectivity index (χ4v) is 8.56. The van der Waals surface area contributed by atoms with Gasteiger partial charge in [-0.3, -0.25) is 9.97 Å². The summed E-state index contributed by atoms with van der Waals surface area (Å²) in [6, 6.07) is 49.5. The van der Waals surface area contributed by atoms with Gasteiger partial charge in [-0.2, -0.15) is 0 Å². The monoisotopic (exact) mass is 933 g/mol. The minimum absolute atomic E-state index is 0. The quantitative estimate of drug-likeness (QED) is 0.123. The Bertz CT molecular complexity index is 2630. The van der Waals surface area contributed by atoms with Gasteiger partial charge >= 0.3 is 99.8 Å². The van der Waals surface area contributed by atoms with Crippen LogP contribution >= 0.6 is 0 Å². The molecule has 0 saturated heterocycles. The molecule has 5 aromatic carbocycles. The molecule has 4 aromatic heterocycles. The van der Waals surface area contributed by atoms with Crippen molar-refractivity contribution in [1.29, 1.82) is 0 Å². The largest absolute Gasteiger partial charge is 0 e. The molecule has 0 fully saturated rings. The summed E-state index contributed by atoms with van der Waals surface area (Å²) in [4.78, 5) is 14.1. The third kappa shape index (κ3) is 7.51. The van der Waals surface area contributed by atoms with Gasteiger partial charge in [0.1, 0.15) is 17.1 Å². The van der Waals surface area contributed by atoms with E-state index >= 15 is 0 Å². The molecule has 0 aliphatic carbocycles. The maximum absolute atomic E-state index is 13.5. The van der Waals surface area contributed by atoms with Crippen LogP contribution < -0.4 is 4.40 Å². The van der Waals surface area contributed by atoms with Crippen molar-refractivity contribution in [2.75, 3.05) is 0 Å². The Labute approximate surface area is 324 Å². The number of furan rings is 1. The minimum atomic E-state index is -1.72. The van der Waals surface area contributed by atoms with Crippen LogP contribution in [0.5, 0.6) is 0 Å². The van der Waals surface area contributed by atoms with E-state index in [0.29, 0.717) is 23.4 Å². The van der Waals surface area contributed by atoms with Crippen molar-refractivity contribution in [2.45, 2.75) is 23.8 Å². The molecule has 0 aliphatic heterocycles. The van der Waals surface area contributed by atoms with Crippen LogP contribution in [0, 0.1) is 17.9 Å².